The van der Waals surface area contributed by atoms with Gasteiger partial charge in [-0.2, -0.15) is 0 Å². The van der Waals surface area contributed by atoms with E-state index in [1.54, 1.807) is 7.11 Å². The van der Waals surface area contributed by atoms with Crippen molar-refractivity contribution in [2.24, 2.45) is 5.41 Å². The molecule has 1 aliphatic carbocycles. The van der Waals surface area contributed by atoms with Crippen LogP contribution in [0.3, 0.4) is 0 Å². The Balaban J connectivity index is 2.33. The zero-order valence-electron chi connectivity index (χ0n) is 11.1. The molecule has 1 N–H and O–H groups in total. The molecule has 0 aromatic carbocycles. The van der Waals surface area contributed by atoms with E-state index in [4.69, 9.17) is 9.47 Å². The van der Waals surface area contributed by atoms with Gasteiger partial charge in [0.2, 0.25) is 0 Å². The molecule has 1 rings (SSSR count). The van der Waals surface area contributed by atoms with Gasteiger partial charge in [-0.15, -0.1) is 0 Å². The molecule has 0 aliphatic heterocycles. The summed E-state index contributed by atoms with van der Waals surface area (Å²) >= 11 is 0. The van der Waals surface area contributed by atoms with E-state index in [9.17, 15) is 0 Å². The van der Waals surface area contributed by atoms with Crippen LogP contribution in [0.2, 0.25) is 0 Å². The van der Waals surface area contributed by atoms with Crippen LogP contribution in [-0.2, 0) is 9.47 Å². The van der Waals surface area contributed by atoms with Gasteiger partial charge in [0.25, 0.3) is 0 Å². The fourth-order valence-electron chi connectivity index (χ4n) is 2.80. The summed E-state index contributed by atoms with van der Waals surface area (Å²) in [6.45, 7) is 5.05. The summed E-state index contributed by atoms with van der Waals surface area (Å²) in [7, 11) is 3.56. The van der Waals surface area contributed by atoms with Crippen molar-refractivity contribution in [1.82, 2.24) is 5.32 Å². The molecule has 0 spiro atoms. The molecule has 0 heterocycles. The minimum Gasteiger partial charge on any atom is -0.383 e. The predicted molar refractivity (Wildman–Crippen MR) is 66.7 cm³/mol. The standard InChI is InChI=1S/C13H27NO2/c1-12(16-3)10-13(6-4-5-7-13)11-14-8-9-15-2/h12,14H,4-11H2,1-3H3. The lowest BCUT2D eigenvalue weighted by Crippen LogP contribution is -2.36. The Labute approximate surface area is 99.9 Å². The lowest BCUT2D eigenvalue weighted by molar-refractivity contribution is 0.0642. The van der Waals surface area contributed by atoms with Crippen LogP contribution in [0.15, 0.2) is 0 Å². The van der Waals surface area contributed by atoms with Crippen LogP contribution in [0.1, 0.15) is 39.0 Å². The SMILES string of the molecule is COCCNCC1(CC(C)OC)CCCC1. The highest BCUT2D eigenvalue weighted by molar-refractivity contribution is 4.88. The maximum absolute atomic E-state index is 5.41. The molecule has 0 radical (unpaired) electrons. The summed E-state index contributed by atoms with van der Waals surface area (Å²) in [6, 6.07) is 0. The summed E-state index contributed by atoms with van der Waals surface area (Å²) in [5.41, 5.74) is 0.475. The second-order valence-electron chi connectivity index (χ2n) is 5.13. The maximum Gasteiger partial charge on any atom is 0.0587 e. The van der Waals surface area contributed by atoms with Gasteiger partial charge >= 0.3 is 0 Å². The lowest BCUT2D eigenvalue weighted by atomic mass is 9.80. The second kappa shape index (κ2) is 7.25. The summed E-state index contributed by atoms with van der Waals surface area (Å²) in [4.78, 5) is 0. The van der Waals surface area contributed by atoms with Crippen LogP contribution < -0.4 is 5.32 Å². The van der Waals surface area contributed by atoms with Crippen molar-refractivity contribution < 1.29 is 9.47 Å². The van der Waals surface area contributed by atoms with Gasteiger partial charge in [-0.3, -0.25) is 0 Å². The largest absolute Gasteiger partial charge is 0.383 e. The van der Waals surface area contributed by atoms with E-state index in [-0.39, 0.29) is 0 Å². The molecule has 0 aromatic heterocycles. The van der Waals surface area contributed by atoms with Crippen molar-refractivity contribution in [2.45, 2.75) is 45.1 Å². The monoisotopic (exact) mass is 229 g/mol. The Morgan fingerprint density at radius 2 is 1.94 bits per heavy atom. The van der Waals surface area contributed by atoms with Crippen molar-refractivity contribution in [3.63, 3.8) is 0 Å². The summed E-state index contributed by atoms with van der Waals surface area (Å²) < 4.78 is 10.5. The molecular weight excluding hydrogens is 202 g/mol. The van der Waals surface area contributed by atoms with E-state index < -0.39 is 0 Å². The van der Waals surface area contributed by atoms with Crippen molar-refractivity contribution in [3.05, 3.63) is 0 Å². The van der Waals surface area contributed by atoms with Gasteiger partial charge in [0, 0.05) is 27.3 Å². The molecule has 1 saturated carbocycles. The molecule has 1 aliphatic rings. The summed E-state index contributed by atoms with van der Waals surface area (Å²) in [5.74, 6) is 0. The first-order chi connectivity index (χ1) is 7.72. The molecule has 0 saturated heterocycles. The van der Waals surface area contributed by atoms with Gasteiger partial charge in [0.15, 0.2) is 0 Å². The molecule has 3 nitrogen and oxygen atoms in total. The van der Waals surface area contributed by atoms with Crippen molar-refractivity contribution in [2.75, 3.05) is 33.9 Å². The van der Waals surface area contributed by atoms with E-state index in [1.807, 2.05) is 7.11 Å². The van der Waals surface area contributed by atoms with Gasteiger partial charge < -0.3 is 14.8 Å². The summed E-state index contributed by atoms with van der Waals surface area (Å²) in [6.07, 6.45) is 7.01. The second-order valence-corrected chi connectivity index (χ2v) is 5.13. The van der Waals surface area contributed by atoms with Gasteiger partial charge in [-0.25, -0.2) is 0 Å². The number of hydrogen-bond donors (Lipinski definition) is 1. The quantitative estimate of drug-likeness (QED) is 0.647. The molecule has 0 aromatic rings. The Bertz CT molecular complexity index is 179. The Hall–Kier alpha value is -0.120. The van der Waals surface area contributed by atoms with E-state index in [2.05, 4.69) is 12.2 Å². The molecule has 0 amide bonds. The predicted octanol–water partition coefficient (Wildman–Crippen LogP) is 2.21. The number of ether oxygens (including phenoxy) is 2. The van der Waals surface area contributed by atoms with Crippen LogP contribution in [0.5, 0.6) is 0 Å². The topological polar surface area (TPSA) is 30.5 Å². The van der Waals surface area contributed by atoms with Crippen molar-refractivity contribution in [3.8, 4) is 0 Å². The minimum absolute atomic E-state index is 0.377. The maximum atomic E-state index is 5.41. The smallest absolute Gasteiger partial charge is 0.0587 e. The first-order valence-electron chi connectivity index (χ1n) is 6.45. The third-order valence-electron chi connectivity index (χ3n) is 3.77. The average molecular weight is 229 g/mol. The zero-order valence-corrected chi connectivity index (χ0v) is 11.1. The average Bonchev–Trinajstić information content (AvgIpc) is 2.73. The van der Waals surface area contributed by atoms with Gasteiger partial charge in [-0.1, -0.05) is 12.8 Å². The van der Waals surface area contributed by atoms with Crippen molar-refractivity contribution >= 4 is 0 Å². The molecule has 1 atom stereocenters. The van der Waals surface area contributed by atoms with Crippen LogP contribution in [0.25, 0.3) is 0 Å². The molecule has 0 bridgehead atoms. The third kappa shape index (κ3) is 4.40. The van der Waals surface area contributed by atoms with Crippen LogP contribution in [0.4, 0.5) is 0 Å². The Morgan fingerprint density at radius 3 is 2.50 bits per heavy atom. The molecule has 3 heteroatoms. The molecule has 96 valence electrons. The summed E-state index contributed by atoms with van der Waals surface area (Å²) in [5, 5.41) is 3.52. The highest BCUT2D eigenvalue weighted by atomic mass is 16.5. The van der Waals surface area contributed by atoms with E-state index >= 15 is 0 Å². The number of methoxy groups -OCH3 is 2. The molecule has 1 unspecified atom stereocenters. The third-order valence-corrected chi connectivity index (χ3v) is 3.77. The molecular formula is C13H27NO2. The Kier molecular flexibility index (Phi) is 6.32. The van der Waals surface area contributed by atoms with Crippen LogP contribution in [0, 0.1) is 5.41 Å². The fraction of sp³-hybridized carbons (Fsp3) is 1.00. The van der Waals surface area contributed by atoms with E-state index in [1.165, 1.54) is 32.1 Å². The fourth-order valence-corrected chi connectivity index (χ4v) is 2.80. The van der Waals surface area contributed by atoms with Crippen LogP contribution in [-0.4, -0.2) is 40.0 Å². The normalized spacial score (nSPS) is 21.2. The first kappa shape index (κ1) is 13.9. The minimum atomic E-state index is 0.377. The van der Waals surface area contributed by atoms with Gasteiger partial charge in [0.1, 0.15) is 0 Å². The highest BCUT2D eigenvalue weighted by Crippen LogP contribution is 2.41. The highest BCUT2D eigenvalue weighted by Gasteiger charge is 2.34. The number of rotatable bonds is 8. The van der Waals surface area contributed by atoms with Crippen LogP contribution >= 0.6 is 0 Å². The lowest BCUT2D eigenvalue weighted by Gasteiger charge is -2.31. The zero-order chi connectivity index (χ0) is 11.9. The van der Waals surface area contributed by atoms with Gasteiger partial charge in [0.05, 0.1) is 12.7 Å². The van der Waals surface area contributed by atoms with Gasteiger partial charge in [-0.05, 0) is 31.6 Å². The number of nitrogens with one attached hydrogen (secondary N) is 1. The first-order valence-corrected chi connectivity index (χ1v) is 6.45. The Morgan fingerprint density at radius 1 is 1.25 bits per heavy atom. The van der Waals surface area contributed by atoms with Crippen molar-refractivity contribution in [1.29, 1.82) is 0 Å². The van der Waals surface area contributed by atoms with E-state index in [0.717, 1.165) is 19.7 Å². The number of hydrogen-bond acceptors (Lipinski definition) is 3. The molecule has 1 fully saturated rings. The molecule has 16 heavy (non-hydrogen) atoms. The van der Waals surface area contributed by atoms with E-state index in [0.29, 0.717) is 11.5 Å².